The summed E-state index contributed by atoms with van der Waals surface area (Å²) in [5, 5.41) is 4.69. The smallest absolute Gasteiger partial charge is 0.271 e. The van der Waals surface area contributed by atoms with Gasteiger partial charge in [-0.05, 0) is 59.7 Å². The van der Waals surface area contributed by atoms with Crippen molar-refractivity contribution in [2.45, 2.75) is 6.61 Å². The van der Waals surface area contributed by atoms with Crippen molar-refractivity contribution in [1.29, 1.82) is 0 Å². The van der Waals surface area contributed by atoms with Crippen LogP contribution in [0.1, 0.15) is 21.5 Å². The normalized spacial score (nSPS) is 10.6. The molecule has 6 heteroatoms. The van der Waals surface area contributed by atoms with Crippen LogP contribution in [0.15, 0.2) is 90.6 Å². The highest BCUT2D eigenvalue weighted by Crippen LogP contribution is 2.16. The highest BCUT2D eigenvalue weighted by atomic mass is 35.5. The second-order valence-corrected chi connectivity index (χ2v) is 6.75. The van der Waals surface area contributed by atoms with Crippen LogP contribution in [-0.2, 0) is 6.61 Å². The van der Waals surface area contributed by atoms with E-state index in [1.54, 1.807) is 36.6 Å². The van der Waals surface area contributed by atoms with E-state index in [1.165, 1.54) is 0 Å². The molecule has 0 aliphatic heterocycles. The third kappa shape index (κ3) is 6.50. The summed E-state index contributed by atoms with van der Waals surface area (Å²) in [7, 11) is 0. The molecule has 0 aromatic heterocycles. The number of hydrazone groups is 1. The maximum atomic E-state index is 12.3. The Morgan fingerprint density at radius 2 is 1.77 bits per heavy atom. The van der Waals surface area contributed by atoms with Gasteiger partial charge in [-0.3, -0.25) is 4.79 Å². The van der Waals surface area contributed by atoms with E-state index in [2.05, 4.69) is 17.1 Å². The van der Waals surface area contributed by atoms with Crippen molar-refractivity contribution in [3.05, 3.63) is 107 Å². The number of carbonyl (C=O) groups excluding carboxylic acids is 1. The number of amides is 1. The van der Waals surface area contributed by atoms with E-state index >= 15 is 0 Å². The van der Waals surface area contributed by atoms with Gasteiger partial charge in [0.25, 0.3) is 5.91 Å². The van der Waals surface area contributed by atoms with Crippen LogP contribution in [0.5, 0.6) is 11.5 Å². The van der Waals surface area contributed by atoms with Crippen LogP contribution in [0.4, 0.5) is 0 Å². The van der Waals surface area contributed by atoms with Gasteiger partial charge in [0.2, 0.25) is 0 Å². The van der Waals surface area contributed by atoms with Gasteiger partial charge in [0, 0.05) is 10.6 Å². The Balaban J connectivity index is 1.51. The van der Waals surface area contributed by atoms with E-state index in [0.29, 0.717) is 35.3 Å². The highest BCUT2D eigenvalue weighted by Gasteiger charge is 2.05. The van der Waals surface area contributed by atoms with Gasteiger partial charge in [0.05, 0.1) is 6.21 Å². The number of hydrogen-bond acceptors (Lipinski definition) is 4. The van der Waals surface area contributed by atoms with Gasteiger partial charge in [0.1, 0.15) is 24.7 Å². The maximum Gasteiger partial charge on any atom is 0.271 e. The molecule has 0 spiro atoms. The average molecular weight is 421 g/mol. The molecule has 0 heterocycles. The van der Waals surface area contributed by atoms with Gasteiger partial charge in [-0.15, -0.1) is 0 Å². The molecule has 1 amide bonds. The van der Waals surface area contributed by atoms with Crippen molar-refractivity contribution in [3.63, 3.8) is 0 Å². The van der Waals surface area contributed by atoms with Crippen LogP contribution in [-0.4, -0.2) is 18.7 Å². The van der Waals surface area contributed by atoms with Gasteiger partial charge in [0.15, 0.2) is 0 Å². The topological polar surface area (TPSA) is 59.9 Å². The Morgan fingerprint density at radius 1 is 1.00 bits per heavy atom. The number of rotatable bonds is 9. The van der Waals surface area contributed by atoms with E-state index in [0.717, 1.165) is 11.1 Å². The van der Waals surface area contributed by atoms with Gasteiger partial charge in [-0.2, -0.15) is 5.10 Å². The fourth-order valence-corrected chi connectivity index (χ4v) is 2.65. The molecular weight excluding hydrogens is 400 g/mol. The van der Waals surface area contributed by atoms with Gasteiger partial charge in [-0.25, -0.2) is 5.43 Å². The Labute approximate surface area is 180 Å². The molecule has 0 atom stereocenters. The molecule has 5 nitrogen and oxygen atoms in total. The quantitative estimate of drug-likeness (QED) is 0.292. The van der Waals surface area contributed by atoms with Gasteiger partial charge < -0.3 is 9.47 Å². The maximum absolute atomic E-state index is 12.3. The third-order valence-corrected chi connectivity index (χ3v) is 4.29. The molecule has 0 unspecified atom stereocenters. The largest absolute Gasteiger partial charge is 0.490 e. The average Bonchev–Trinajstić information content (AvgIpc) is 2.78. The zero-order valence-electron chi connectivity index (χ0n) is 16.3. The molecule has 0 radical (unpaired) electrons. The zero-order chi connectivity index (χ0) is 21.2. The van der Waals surface area contributed by atoms with Crippen LogP contribution in [0.2, 0.25) is 5.02 Å². The van der Waals surface area contributed by atoms with Crippen LogP contribution >= 0.6 is 11.6 Å². The molecule has 0 saturated carbocycles. The Kier molecular flexibility index (Phi) is 7.64. The van der Waals surface area contributed by atoms with Crippen LogP contribution in [0.3, 0.4) is 0 Å². The molecule has 30 heavy (non-hydrogen) atoms. The standard InChI is InChI=1S/C24H21ClN2O3/c1-2-14-29-23-5-3-4-19(15-23)16-26-27-24(28)20-8-12-22(13-9-20)30-17-18-6-10-21(25)11-7-18/h2-13,15-16H,1,14,17H2,(H,27,28). The van der Waals surface area contributed by atoms with Gasteiger partial charge in [-0.1, -0.05) is 48.5 Å². The zero-order valence-corrected chi connectivity index (χ0v) is 17.0. The minimum Gasteiger partial charge on any atom is -0.490 e. The lowest BCUT2D eigenvalue weighted by Crippen LogP contribution is -2.17. The van der Waals surface area contributed by atoms with E-state index in [4.69, 9.17) is 21.1 Å². The molecule has 0 saturated heterocycles. The van der Waals surface area contributed by atoms with Crippen molar-refractivity contribution in [2.24, 2.45) is 5.10 Å². The SMILES string of the molecule is C=CCOc1cccc(C=NNC(=O)c2ccc(OCc3ccc(Cl)cc3)cc2)c1. The van der Waals surface area contributed by atoms with Crippen molar-refractivity contribution in [2.75, 3.05) is 6.61 Å². The second kappa shape index (κ2) is 10.8. The first-order valence-electron chi connectivity index (χ1n) is 9.28. The van der Waals surface area contributed by atoms with Gasteiger partial charge >= 0.3 is 0 Å². The molecule has 0 aliphatic carbocycles. The first-order chi connectivity index (χ1) is 14.6. The van der Waals surface area contributed by atoms with Crippen molar-refractivity contribution in [1.82, 2.24) is 5.43 Å². The Hall–Kier alpha value is -3.57. The van der Waals surface area contributed by atoms with Crippen molar-refractivity contribution >= 4 is 23.7 Å². The van der Waals surface area contributed by atoms with Crippen LogP contribution < -0.4 is 14.9 Å². The fourth-order valence-electron chi connectivity index (χ4n) is 2.52. The van der Waals surface area contributed by atoms with Crippen molar-refractivity contribution < 1.29 is 14.3 Å². The summed E-state index contributed by atoms with van der Waals surface area (Å²) in [5.41, 5.74) is 4.81. The summed E-state index contributed by atoms with van der Waals surface area (Å²) in [6, 6.07) is 21.7. The first kappa shape index (κ1) is 21.1. The highest BCUT2D eigenvalue weighted by molar-refractivity contribution is 6.30. The predicted molar refractivity (Wildman–Crippen MR) is 119 cm³/mol. The lowest BCUT2D eigenvalue weighted by molar-refractivity contribution is 0.0955. The Bertz CT molecular complexity index is 1020. The number of halogens is 1. The van der Waals surface area contributed by atoms with E-state index < -0.39 is 0 Å². The molecule has 0 bridgehead atoms. The summed E-state index contributed by atoms with van der Waals surface area (Å²) in [5.74, 6) is 1.07. The monoisotopic (exact) mass is 420 g/mol. The molecule has 0 aliphatic rings. The molecule has 152 valence electrons. The summed E-state index contributed by atoms with van der Waals surface area (Å²) in [4.78, 5) is 12.3. The Morgan fingerprint density at radius 3 is 2.50 bits per heavy atom. The van der Waals surface area contributed by atoms with Crippen molar-refractivity contribution in [3.8, 4) is 11.5 Å². The molecule has 3 aromatic carbocycles. The third-order valence-electron chi connectivity index (χ3n) is 4.04. The molecule has 0 fully saturated rings. The lowest BCUT2D eigenvalue weighted by atomic mass is 10.2. The predicted octanol–water partition coefficient (Wildman–Crippen LogP) is 5.25. The van der Waals surface area contributed by atoms with E-state index in [1.807, 2.05) is 48.5 Å². The van der Waals surface area contributed by atoms with E-state index in [9.17, 15) is 4.79 Å². The summed E-state index contributed by atoms with van der Waals surface area (Å²) >= 11 is 5.87. The molecule has 3 aromatic rings. The fraction of sp³-hybridized carbons (Fsp3) is 0.0833. The molecular formula is C24H21ClN2O3. The number of benzene rings is 3. The number of nitrogens with zero attached hydrogens (tertiary/aromatic N) is 1. The number of ether oxygens (including phenoxy) is 2. The molecule has 3 rings (SSSR count). The first-order valence-corrected chi connectivity index (χ1v) is 9.66. The minimum atomic E-state index is -0.311. The van der Waals surface area contributed by atoms with Crippen LogP contribution in [0, 0.1) is 0 Å². The number of carbonyl (C=O) groups is 1. The summed E-state index contributed by atoms with van der Waals surface area (Å²) in [6.07, 6.45) is 3.23. The summed E-state index contributed by atoms with van der Waals surface area (Å²) < 4.78 is 11.2. The summed E-state index contributed by atoms with van der Waals surface area (Å²) in [6.45, 7) is 4.46. The second-order valence-electron chi connectivity index (χ2n) is 6.31. The molecule has 1 N–H and O–H groups in total. The van der Waals surface area contributed by atoms with E-state index in [-0.39, 0.29) is 5.91 Å². The number of nitrogens with one attached hydrogen (secondary N) is 1. The minimum absolute atomic E-state index is 0.311. The number of hydrogen-bond donors (Lipinski definition) is 1. The lowest BCUT2D eigenvalue weighted by Gasteiger charge is -2.07. The van der Waals surface area contributed by atoms with Crippen LogP contribution in [0.25, 0.3) is 0 Å².